The van der Waals surface area contributed by atoms with E-state index in [4.69, 9.17) is 4.74 Å². The van der Waals surface area contributed by atoms with Crippen molar-refractivity contribution < 1.29 is 17.9 Å². The first kappa shape index (κ1) is 14.4. The zero-order valence-corrected chi connectivity index (χ0v) is 12.9. The molecule has 3 rings (SSSR count). The zero-order chi connectivity index (χ0) is 15.1. The molecule has 114 valence electrons. The Balaban J connectivity index is 1.75. The third-order valence-corrected chi connectivity index (χ3v) is 6.06. The highest BCUT2D eigenvalue weighted by Crippen LogP contribution is 2.49. The highest BCUT2D eigenvalue weighted by atomic mass is 32.2. The standard InChI is InChI=1S/C15H19NO4S/c1-20-14(17)15(6-7-15)12-2-4-13(5-3-12)16-8-10-21(18,19)11-9-16/h2-5H,6-11H2,1H3. The average molecular weight is 309 g/mol. The maximum atomic E-state index is 11.9. The van der Waals surface area contributed by atoms with E-state index >= 15 is 0 Å². The van der Waals surface area contributed by atoms with Crippen molar-refractivity contribution in [3.8, 4) is 0 Å². The Labute approximate surface area is 124 Å². The Bertz CT molecular complexity index is 633. The van der Waals surface area contributed by atoms with Crippen LogP contribution in [0.4, 0.5) is 5.69 Å². The Morgan fingerprint density at radius 1 is 1.14 bits per heavy atom. The van der Waals surface area contributed by atoms with Crippen molar-refractivity contribution in [3.63, 3.8) is 0 Å². The molecule has 0 radical (unpaired) electrons. The van der Waals surface area contributed by atoms with E-state index < -0.39 is 15.3 Å². The fourth-order valence-corrected chi connectivity index (χ4v) is 4.09. The van der Waals surface area contributed by atoms with E-state index in [-0.39, 0.29) is 17.5 Å². The van der Waals surface area contributed by atoms with E-state index in [0.717, 1.165) is 24.1 Å². The summed E-state index contributed by atoms with van der Waals surface area (Å²) in [6.07, 6.45) is 1.67. The normalized spacial score (nSPS) is 22.6. The predicted molar refractivity (Wildman–Crippen MR) is 80.2 cm³/mol. The molecule has 0 N–H and O–H groups in total. The second-order valence-corrected chi connectivity index (χ2v) is 8.06. The monoisotopic (exact) mass is 309 g/mol. The summed E-state index contributed by atoms with van der Waals surface area (Å²) in [5, 5.41) is 0. The maximum Gasteiger partial charge on any atom is 0.316 e. The summed E-state index contributed by atoms with van der Waals surface area (Å²) in [5.74, 6) is 0.251. The predicted octanol–water partition coefficient (Wildman–Crippen LogP) is 1.13. The second kappa shape index (κ2) is 5.02. The van der Waals surface area contributed by atoms with Crippen LogP contribution in [-0.2, 0) is 24.8 Å². The minimum atomic E-state index is -2.86. The fourth-order valence-electron chi connectivity index (χ4n) is 2.89. The smallest absolute Gasteiger partial charge is 0.316 e. The van der Waals surface area contributed by atoms with Crippen LogP contribution in [0.15, 0.2) is 24.3 Å². The zero-order valence-electron chi connectivity index (χ0n) is 12.0. The van der Waals surface area contributed by atoms with Crippen LogP contribution < -0.4 is 4.90 Å². The van der Waals surface area contributed by atoms with E-state index in [1.165, 1.54) is 7.11 Å². The molecule has 21 heavy (non-hydrogen) atoms. The lowest BCUT2D eigenvalue weighted by Crippen LogP contribution is -2.40. The largest absolute Gasteiger partial charge is 0.468 e. The van der Waals surface area contributed by atoms with Crippen molar-refractivity contribution in [2.24, 2.45) is 0 Å². The van der Waals surface area contributed by atoms with Crippen LogP contribution in [-0.4, -0.2) is 46.1 Å². The number of nitrogens with zero attached hydrogens (tertiary/aromatic N) is 1. The Morgan fingerprint density at radius 2 is 1.71 bits per heavy atom. The number of hydrogen-bond donors (Lipinski definition) is 0. The van der Waals surface area contributed by atoms with Crippen molar-refractivity contribution in [1.29, 1.82) is 0 Å². The molecule has 0 atom stereocenters. The first-order valence-corrected chi connectivity index (χ1v) is 8.93. The van der Waals surface area contributed by atoms with Gasteiger partial charge in [-0.1, -0.05) is 12.1 Å². The maximum absolute atomic E-state index is 11.9. The Hall–Kier alpha value is -1.56. The Morgan fingerprint density at radius 3 is 2.19 bits per heavy atom. The van der Waals surface area contributed by atoms with E-state index in [9.17, 15) is 13.2 Å². The molecule has 0 amide bonds. The van der Waals surface area contributed by atoms with Crippen LogP contribution >= 0.6 is 0 Å². The summed E-state index contributed by atoms with van der Waals surface area (Å²) < 4.78 is 27.8. The van der Waals surface area contributed by atoms with Gasteiger partial charge in [0.2, 0.25) is 0 Å². The molecule has 0 unspecified atom stereocenters. The van der Waals surface area contributed by atoms with Crippen molar-refractivity contribution in [3.05, 3.63) is 29.8 Å². The number of hydrogen-bond acceptors (Lipinski definition) is 5. The lowest BCUT2D eigenvalue weighted by atomic mass is 9.96. The lowest BCUT2D eigenvalue weighted by molar-refractivity contribution is -0.143. The molecule has 6 heteroatoms. The quantitative estimate of drug-likeness (QED) is 0.783. The molecular weight excluding hydrogens is 290 g/mol. The number of rotatable bonds is 3. The van der Waals surface area contributed by atoms with Gasteiger partial charge in [0, 0.05) is 18.8 Å². The highest BCUT2D eigenvalue weighted by molar-refractivity contribution is 7.91. The number of esters is 1. The molecule has 0 spiro atoms. The fraction of sp³-hybridized carbons (Fsp3) is 0.533. The summed E-state index contributed by atoms with van der Waals surface area (Å²) in [6, 6.07) is 7.86. The molecule has 1 aromatic rings. The number of anilines is 1. The number of ether oxygens (including phenoxy) is 1. The molecule has 2 fully saturated rings. The molecule has 0 aromatic heterocycles. The second-order valence-electron chi connectivity index (χ2n) is 5.76. The summed E-state index contributed by atoms with van der Waals surface area (Å²) in [5.41, 5.74) is 1.55. The van der Waals surface area contributed by atoms with Gasteiger partial charge in [-0.3, -0.25) is 4.79 Å². The number of carbonyl (C=O) groups is 1. The van der Waals surface area contributed by atoms with Crippen molar-refractivity contribution in [2.75, 3.05) is 36.6 Å². The van der Waals surface area contributed by atoms with Gasteiger partial charge in [0.1, 0.15) is 0 Å². The first-order valence-electron chi connectivity index (χ1n) is 7.11. The molecule has 2 aliphatic rings. The van der Waals surface area contributed by atoms with Gasteiger partial charge in [-0.25, -0.2) is 8.42 Å². The van der Waals surface area contributed by atoms with E-state index in [1.54, 1.807) is 0 Å². The summed E-state index contributed by atoms with van der Waals surface area (Å²) in [4.78, 5) is 13.9. The van der Waals surface area contributed by atoms with Crippen LogP contribution in [0.3, 0.4) is 0 Å². The van der Waals surface area contributed by atoms with Gasteiger partial charge in [0.05, 0.1) is 24.0 Å². The van der Waals surface area contributed by atoms with Crippen molar-refractivity contribution >= 4 is 21.5 Å². The molecule has 1 saturated heterocycles. The first-order chi connectivity index (χ1) is 9.97. The number of carbonyl (C=O) groups excluding carboxylic acids is 1. The average Bonchev–Trinajstić information content (AvgIpc) is 3.28. The van der Waals surface area contributed by atoms with Gasteiger partial charge in [0.15, 0.2) is 9.84 Å². The molecule has 5 nitrogen and oxygen atoms in total. The summed E-state index contributed by atoms with van der Waals surface area (Å²) in [6.45, 7) is 1.06. The lowest BCUT2D eigenvalue weighted by Gasteiger charge is -2.29. The molecule has 1 aromatic carbocycles. The van der Waals surface area contributed by atoms with E-state index in [1.807, 2.05) is 24.3 Å². The molecular formula is C15H19NO4S. The SMILES string of the molecule is COC(=O)C1(c2ccc(N3CCS(=O)(=O)CC3)cc2)CC1. The van der Waals surface area contributed by atoms with Crippen LogP contribution in [0.25, 0.3) is 0 Å². The number of benzene rings is 1. The minimum absolute atomic E-state index is 0.167. The van der Waals surface area contributed by atoms with Gasteiger partial charge in [-0.15, -0.1) is 0 Å². The van der Waals surface area contributed by atoms with Gasteiger partial charge < -0.3 is 9.64 Å². The topological polar surface area (TPSA) is 63.7 Å². The molecule has 1 aliphatic heterocycles. The van der Waals surface area contributed by atoms with Crippen LogP contribution in [0.1, 0.15) is 18.4 Å². The van der Waals surface area contributed by atoms with Gasteiger partial charge in [-0.2, -0.15) is 0 Å². The molecule has 1 heterocycles. The number of sulfone groups is 1. The number of methoxy groups -OCH3 is 1. The van der Waals surface area contributed by atoms with E-state index in [2.05, 4.69) is 4.90 Å². The minimum Gasteiger partial charge on any atom is -0.468 e. The Kier molecular flexibility index (Phi) is 3.43. The summed E-state index contributed by atoms with van der Waals surface area (Å²) in [7, 11) is -1.44. The van der Waals surface area contributed by atoms with Crippen LogP contribution in [0.2, 0.25) is 0 Å². The van der Waals surface area contributed by atoms with E-state index in [0.29, 0.717) is 13.1 Å². The van der Waals surface area contributed by atoms with Gasteiger partial charge in [0.25, 0.3) is 0 Å². The van der Waals surface area contributed by atoms with Crippen LogP contribution in [0, 0.1) is 0 Å². The third-order valence-electron chi connectivity index (χ3n) is 4.46. The molecule has 0 bridgehead atoms. The summed E-state index contributed by atoms with van der Waals surface area (Å²) >= 11 is 0. The van der Waals surface area contributed by atoms with Crippen molar-refractivity contribution in [1.82, 2.24) is 0 Å². The van der Waals surface area contributed by atoms with Gasteiger partial charge in [-0.05, 0) is 30.5 Å². The van der Waals surface area contributed by atoms with Crippen molar-refractivity contribution in [2.45, 2.75) is 18.3 Å². The van der Waals surface area contributed by atoms with Gasteiger partial charge >= 0.3 is 5.97 Å². The third kappa shape index (κ3) is 2.64. The van der Waals surface area contributed by atoms with Crippen LogP contribution in [0.5, 0.6) is 0 Å². The molecule has 1 saturated carbocycles. The molecule has 1 aliphatic carbocycles. The highest BCUT2D eigenvalue weighted by Gasteiger charge is 2.52.